The van der Waals surface area contributed by atoms with Crippen LogP contribution in [0.5, 0.6) is 0 Å². The number of hydrogen-bond donors (Lipinski definition) is 0. The van der Waals surface area contributed by atoms with Crippen LogP contribution in [0.4, 0.5) is 4.32 Å². The Balaban J connectivity index is 0. The second kappa shape index (κ2) is 20.0. The molecule has 6 heavy (non-hydrogen) atoms. The van der Waals surface area contributed by atoms with Gasteiger partial charge in [-0.2, -0.15) is 0 Å². The van der Waals surface area contributed by atoms with Crippen LogP contribution in [0.15, 0.2) is 0 Å². The van der Waals surface area contributed by atoms with Crippen molar-refractivity contribution in [1.29, 1.82) is 0 Å². The first-order chi connectivity index (χ1) is 2.91. The number of rotatable bonds is 1. The van der Waals surface area contributed by atoms with Crippen molar-refractivity contribution in [2.45, 2.75) is 26.7 Å². The van der Waals surface area contributed by atoms with Crippen molar-refractivity contribution in [1.82, 2.24) is 0 Å². The zero-order valence-corrected chi connectivity index (χ0v) is 4.37. The molecule has 0 amide bonds. The molecule has 0 fully saturated rings. The van der Waals surface area contributed by atoms with Crippen LogP contribution >= 0.6 is 0 Å². The van der Waals surface area contributed by atoms with Gasteiger partial charge >= 0.3 is 8.12 Å². The van der Waals surface area contributed by atoms with Gasteiger partial charge in [-0.1, -0.05) is 26.7 Å². The molecular weight excluding hydrogens is 77.9 g/mol. The second-order valence-corrected chi connectivity index (χ2v) is 1.000. The van der Waals surface area contributed by atoms with E-state index in [0.29, 0.717) is 0 Å². The lowest BCUT2D eigenvalue weighted by Gasteiger charge is -1.68. The van der Waals surface area contributed by atoms with Crippen LogP contribution in [0.3, 0.4) is 0 Å². The Hall–Kier alpha value is -0.00506. The molecule has 0 aromatic heterocycles. The summed E-state index contributed by atoms with van der Waals surface area (Å²) >= 11 is 0. The highest BCUT2D eigenvalue weighted by molar-refractivity contribution is 5.96. The summed E-state index contributed by atoms with van der Waals surface area (Å²) in [5.41, 5.74) is 0. The highest BCUT2D eigenvalue weighted by atomic mass is 19.1. The van der Waals surface area contributed by atoms with Crippen molar-refractivity contribution in [3.8, 4) is 0 Å². The van der Waals surface area contributed by atoms with Crippen LogP contribution in [0, 0.1) is 0 Å². The number of unbranched alkanes of at least 4 members (excludes halogenated alkanes) is 1. The van der Waals surface area contributed by atoms with Crippen LogP contribution < -0.4 is 0 Å². The molecule has 0 spiro atoms. The SMILES string of the molecule is CCCC.[B]F. The Morgan fingerprint density at radius 2 is 1.33 bits per heavy atom. The van der Waals surface area contributed by atoms with Crippen LogP contribution in [0.25, 0.3) is 0 Å². The summed E-state index contributed by atoms with van der Waals surface area (Å²) in [5, 5.41) is 0. The van der Waals surface area contributed by atoms with Crippen molar-refractivity contribution < 1.29 is 4.32 Å². The molecule has 0 aromatic rings. The van der Waals surface area contributed by atoms with Gasteiger partial charge in [-0.05, 0) is 0 Å². The van der Waals surface area contributed by atoms with E-state index in [1.807, 2.05) is 0 Å². The standard InChI is InChI=1S/C4H10.BF/c1-3-4-2;1-2/h3-4H2,1-2H3;. The maximum atomic E-state index is 9.00. The highest BCUT2D eigenvalue weighted by Gasteiger charge is 1.56. The van der Waals surface area contributed by atoms with Gasteiger partial charge in [-0.3, -0.25) is 0 Å². The normalized spacial score (nSPS) is 5.83. The molecule has 36 valence electrons. The van der Waals surface area contributed by atoms with Crippen LogP contribution in [0.2, 0.25) is 0 Å². The molecule has 0 aromatic carbocycles. The summed E-state index contributed by atoms with van der Waals surface area (Å²) in [7, 11) is 3.00. The maximum absolute atomic E-state index is 9.00. The molecule has 0 aliphatic rings. The predicted molar refractivity (Wildman–Crippen MR) is 27.4 cm³/mol. The highest BCUT2D eigenvalue weighted by Crippen LogP contribution is 1.76. The van der Waals surface area contributed by atoms with Crippen LogP contribution in [-0.4, -0.2) is 8.12 Å². The van der Waals surface area contributed by atoms with E-state index in [2.05, 4.69) is 22.0 Å². The first-order valence-electron chi connectivity index (χ1n) is 2.13. The van der Waals surface area contributed by atoms with Crippen molar-refractivity contribution in [2.24, 2.45) is 0 Å². The lowest BCUT2D eigenvalue weighted by molar-refractivity contribution is 0.886. The van der Waals surface area contributed by atoms with Crippen LogP contribution in [-0.2, 0) is 0 Å². The fourth-order valence-electron chi connectivity index (χ4n) is 0. The lowest BCUT2D eigenvalue weighted by Crippen LogP contribution is -1.47. The molecule has 0 N–H and O–H groups in total. The van der Waals surface area contributed by atoms with Gasteiger partial charge in [0, 0.05) is 0 Å². The minimum Gasteiger partial charge on any atom is -0.350 e. The molecule has 0 saturated carbocycles. The van der Waals surface area contributed by atoms with Crippen molar-refractivity contribution in [2.75, 3.05) is 0 Å². The third-order valence-corrected chi connectivity index (χ3v) is 0.500. The van der Waals surface area contributed by atoms with E-state index in [1.165, 1.54) is 12.8 Å². The third kappa shape index (κ3) is 36.2. The van der Waals surface area contributed by atoms with Gasteiger partial charge in [0.05, 0.1) is 0 Å². The molecule has 0 aliphatic heterocycles. The molecule has 2 heteroatoms. The largest absolute Gasteiger partial charge is 0.350 e. The number of hydrogen-bond acceptors (Lipinski definition) is 0. The Labute approximate surface area is 40.2 Å². The summed E-state index contributed by atoms with van der Waals surface area (Å²) in [6, 6.07) is 0. The lowest BCUT2D eigenvalue weighted by atomic mass is 10.4. The third-order valence-electron chi connectivity index (χ3n) is 0.500. The summed E-state index contributed by atoms with van der Waals surface area (Å²) in [5.74, 6) is 0. The van der Waals surface area contributed by atoms with Crippen LogP contribution in [0.1, 0.15) is 26.7 Å². The van der Waals surface area contributed by atoms with Gasteiger partial charge in [0.15, 0.2) is 0 Å². The first-order valence-corrected chi connectivity index (χ1v) is 2.13. The quantitative estimate of drug-likeness (QED) is 0.429. The Morgan fingerprint density at radius 1 is 1.17 bits per heavy atom. The topological polar surface area (TPSA) is 0 Å². The molecule has 0 nitrogen and oxygen atoms in total. The van der Waals surface area contributed by atoms with Gasteiger partial charge in [-0.15, -0.1) is 0 Å². The van der Waals surface area contributed by atoms with Gasteiger partial charge in [0.2, 0.25) is 0 Å². The zero-order valence-electron chi connectivity index (χ0n) is 4.37. The fraction of sp³-hybridized carbons (Fsp3) is 1.00. The Morgan fingerprint density at radius 3 is 1.33 bits per heavy atom. The van der Waals surface area contributed by atoms with Crippen molar-refractivity contribution in [3.05, 3.63) is 0 Å². The molecule has 0 heterocycles. The minimum absolute atomic E-state index is 1.32. The van der Waals surface area contributed by atoms with Gasteiger partial charge in [0.1, 0.15) is 0 Å². The van der Waals surface area contributed by atoms with Crippen molar-refractivity contribution in [3.63, 3.8) is 0 Å². The summed E-state index contributed by atoms with van der Waals surface area (Å²) in [6.45, 7) is 4.36. The predicted octanol–water partition coefficient (Wildman–Crippen LogP) is 1.85. The molecule has 0 atom stereocenters. The molecule has 0 aliphatic carbocycles. The first kappa shape index (κ1) is 9.37. The molecule has 2 radical (unpaired) electrons. The van der Waals surface area contributed by atoms with E-state index in [0.717, 1.165) is 0 Å². The molecular formula is C4H10BF. The number of halogens is 1. The van der Waals surface area contributed by atoms with E-state index >= 15 is 0 Å². The minimum atomic E-state index is 1.32. The fourth-order valence-corrected chi connectivity index (χ4v) is 0. The Kier molecular flexibility index (Phi) is 31.3. The smallest absolute Gasteiger partial charge is 0.350 e. The van der Waals surface area contributed by atoms with E-state index in [9.17, 15) is 0 Å². The average molecular weight is 87.9 g/mol. The van der Waals surface area contributed by atoms with Gasteiger partial charge < -0.3 is 4.32 Å². The van der Waals surface area contributed by atoms with Gasteiger partial charge in [0.25, 0.3) is 0 Å². The summed E-state index contributed by atoms with van der Waals surface area (Å²) in [6.07, 6.45) is 2.64. The zero-order chi connectivity index (χ0) is 5.41. The molecule has 0 bridgehead atoms. The second-order valence-electron chi connectivity index (χ2n) is 1.000. The monoisotopic (exact) mass is 88.1 g/mol. The van der Waals surface area contributed by atoms with E-state index in [-0.39, 0.29) is 0 Å². The molecule has 0 rings (SSSR count). The van der Waals surface area contributed by atoms with Crippen molar-refractivity contribution >= 4 is 8.12 Å². The average Bonchev–Trinajstić information content (AvgIpc) is 1.72. The maximum Gasteiger partial charge on any atom is 0.350 e. The van der Waals surface area contributed by atoms with Gasteiger partial charge in [-0.25, -0.2) is 0 Å². The summed E-state index contributed by atoms with van der Waals surface area (Å²) < 4.78 is 9.00. The van der Waals surface area contributed by atoms with E-state index in [1.54, 1.807) is 0 Å². The molecule has 0 saturated heterocycles. The van der Waals surface area contributed by atoms with E-state index < -0.39 is 0 Å². The Bertz CT molecular complexity index is 9.51. The van der Waals surface area contributed by atoms with E-state index in [4.69, 9.17) is 4.32 Å². The summed E-state index contributed by atoms with van der Waals surface area (Å²) in [4.78, 5) is 0. The molecule has 0 unspecified atom stereocenters.